The van der Waals surface area contributed by atoms with E-state index in [1.165, 1.54) is 6.07 Å². The number of hydrogen-bond donors (Lipinski definition) is 1. The van der Waals surface area contributed by atoms with Gasteiger partial charge in [-0.05, 0) is 39.3 Å². The number of nitrogens with one attached hydrogen (secondary N) is 1. The first-order chi connectivity index (χ1) is 11.7. The number of nitro benzene ring substituents is 1. The molecule has 1 aliphatic rings. The van der Waals surface area contributed by atoms with Gasteiger partial charge in [0.15, 0.2) is 0 Å². The number of nitrogens with zero attached hydrogens (tertiary/aromatic N) is 2. The highest BCUT2D eigenvalue weighted by Gasteiger charge is 2.28. The minimum atomic E-state index is -0.550. The molecule has 8 heteroatoms. The lowest BCUT2D eigenvalue weighted by Gasteiger charge is -2.34. The minimum absolute atomic E-state index is 0.0276. The number of anilines is 1. The Balaban J connectivity index is 1.95. The third-order valence-corrected chi connectivity index (χ3v) is 3.66. The van der Waals surface area contributed by atoms with Crippen LogP contribution in [0.15, 0.2) is 18.2 Å². The van der Waals surface area contributed by atoms with Crippen LogP contribution in [-0.4, -0.2) is 53.9 Å². The number of benzene rings is 1. The summed E-state index contributed by atoms with van der Waals surface area (Å²) < 4.78 is 11.0. The van der Waals surface area contributed by atoms with Gasteiger partial charge in [0.25, 0.3) is 5.69 Å². The molecule has 1 heterocycles. The number of nitro groups is 1. The van der Waals surface area contributed by atoms with E-state index in [0.29, 0.717) is 31.9 Å². The van der Waals surface area contributed by atoms with Gasteiger partial charge < -0.3 is 19.7 Å². The van der Waals surface area contributed by atoms with Crippen molar-refractivity contribution < 1.29 is 19.2 Å². The number of carbonyl (C=O) groups excluding carboxylic acids is 1. The maximum atomic E-state index is 12.2. The zero-order valence-corrected chi connectivity index (χ0v) is 15.1. The lowest BCUT2D eigenvalue weighted by atomic mass is 10.2. The van der Waals surface area contributed by atoms with Gasteiger partial charge in [0.2, 0.25) is 0 Å². The van der Waals surface area contributed by atoms with E-state index in [-0.39, 0.29) is 17.9 Å². The maximum Gasteiger partial charge on any atom is 0.410 e. The molecular formula is C17H25N3O5. The molecule has 1 aromatic carbocycles. The molecule has 0 bridgehead atoms. The average molecular weight is 351 g/mol. The number of morpholine rings is 1. The number of carbonyl (C=O) groups is 1. The monoisotopic (exact) mass is 351 g/mol. The van der Waals surface area contributed by atoms with Crippen molar-refractivity contribution in [1.29, 1.82) is 0 Å². The summed E-state index contributed by atoms with van der Waals surface area (Å²) in [4.78, 5) is 24.5. The van der Waals surface area contributed by atoms with Gasteiger partial charge in [0.1, 0.15) is 11.3 Å². The first kappa shape index (κ1) is 19.0. The number of aryl methyl sites for hydroxylation is 1. The van der Waals surface area contributed by atoms with Crippen LogP contribution in [0.25, 0.3) is 0 Å². The number of amides is 1. The Morgan fingerprint density at radius 3 is 2.84 bits per heavy atom. The van der Waals surface area contributed by atoms with Gasteiger partial charge in [-0.1, -0.05) is 6.07 Å². The van der Waals surface area contributed by atoms with Crippen LogP contribution in [-0.2, 0) is 9.47 Å². The van der Waals surface area contributed by atoms with E-state index < -0.39 is 10.5 Å². The second-order valence-electron chi connectivity index (χ2n) is 7.08. The van der Waals surface area contributed by atoms with E-state index in [1.807, 2.05) is 26.8 Å². The number of ether oxygens (including phenoxy) is 2. The SMILES string of the molecule is Cc1ccc(NC[C@H]2CN(C(=O)OC(C)(C)C)CCO2)c([N+](=O)[O-])c1. The fourth-order valence-electron chi connectivity index (χ4n) is 2.50. The van der Waals surface area contributed by atoms with Gasteiger partial charge >= 0.3 is 6.09 Å². The standard InChI is InChI=1S/C17H25N3O5/c1-12-5-6-14(15(9-12)20(22)23)18-10-13-11-19(7-8-24-13)16(21)25-17(2,3)4/h5-6,9,13,18H,7-8,10-11H2,1-4H3/t13-/m0/s1. The third-order valence-electron chi connectivity index (χ3n) is 3.66. The molecule has 0 unspecified atom stereocenters. The largest absolute Gasteiger partial charge is 0.444 e. The summed E-state index contributed by atoms with van der Waals surface area (Å²) in [7, 11) is 0. The number of hydrogen-bond acceptors (Lipinski definition) is 6. The highest BCUT2D eigenvalue weighted by molar-refractivity contribution is 5.68. The van der Waals surface area contributed by atoms with E-state index in [1.54, 1.807) is 17.9 Å². The van der Waals surface area contributed by atoms with Gasteiger partial charge in [-0.3, -0.25) is 10.1 Å². The molecule has 1 saturated heterocycles. The van der Waals surface area contributed by atoms with E-state index >= 15 is 0 Å². The van der Waals surface area contributed by atoms with E-state index in [2.05, 4.69) is 5.32 Å². The summed E-state index contributed by atoms with van der Waals surface area (Å²) in [5.41, 5.74) is 0.738. The average Bonchev–Trinajstić information content (AvgIpc) is 2.52. The van der Waals surface area contributed by atoms with Crippen LogP contribution >= 0.6 is 0 Å². The van der Waals surface area contributed by atoms with Crippen LogP contribution in [0.5, 0.6) is 0 Å². The van der Waals surface area contributed by atoms with Crippen molar-refractivity contribution in [3.8, 4) is 0 Å². The molecule has 0 saturated carbocycles. The molecule has 1 N–H and O–H groups in total. The van der Waals surface area contributed by atoms with Crippen molar-refractivity contribution in [2.75, 3.05) is 31.6 Å². The molecule has 1 fully saturated rings. The van der Waals surface area contributed by atoms with Crippen molar-refractivity contribution in [2.24, 2.45) is 0 Å². The van der Waals surface area contributed by atoms with Gasteiger partial charge in [-0.25, -0.2) is 4.79 Å². The summed E-state index contributed by atoms with van der Waals surface area (Å²) in [6.07, 6.45) is -0.635. The summed E-state index contributed by atoms with van der Waals surface area (Å²) >= 11 is 0. The van der Waals surface area contributed by atoms with Crippen LogP contribution in [0.4, 0.5) is 16.2 Å². The van der Waals surface area contributed by atoms with Gasteiger partial charge in [-0.2, -0.15) is 0 Å². The molecule has 0 radical (unpaired) electrons. The Morgan fingerprint density at radius 1 is 1.48 bits per heavy atom. The van der Waals surface area contributed by atoms with Gasteiger partial charge in [0.05, 0.1) is 24.2 Å². The predicted octanol–water partition coefficient (Wildman–Crippen LogP) is 2.95. The smallest absolute Gasteiger partial charge is 0.410 e. The normalized spacial score (nSPS) is 17.9. The second kappa shape index (κ2) is 7.69. The van der Waals surface area contributed by atoms with Gasteiger partial charge in [-0.15, -0.1) is 0 Å². The van der Waals surface area contributed by atoms with Crippen LogP contribution in [0.1, 0.15) is 26.3 Å². The Labute approximate surface area is 147 Å². The fourth-order valence-corrected chi connectivity index (χ4v) is 2.50. The Bertz CT molecular complexity index is 642. The van der Waals surface area contributed by atoms with Crippen LogP contribution in [0.2, 0.25) is 0 Å². The molecule has 0 aromatic heterocycles. The molecule has 8 nitrogen and oxygen atoms in total. The van der Waals surface area contributed by atoms with Crippen LogP contribution in [0, 0.1) is 17.0 Å². The molecule has 25 heavy (non-hydrogen) atoms. The van der Waals surface area contributed by atoms with Crippen molar-refractivity contribution >= 4 is 17.5 Å². The van der Waals surface area contributed by atoms with E-state index in [0.717, 1.165) is 5.56 Å². The molecule has 2 rings (SSSR count). The Hall–Kier alpha value is -2.35. The lowest BCUT2D eigenvalue weighted by molar-refractivity contribution is -0.384. The van der Waals surface area contributed by atoms with E-state index in [4.69, 9.17) is 9.47 Å². The first-order valence-electron chi connectivity index (χ1n) is 8.24. The highest BCUT2D eigenvalue weighted by Crippen LogP contribution is 2.25. The Kier molecular flexibility index (Phi) is 5.84. The van der Waals surface area contributed by atoms with Crippen LogP contribution in [0.3, 0.4) is 0 Å². The zero-order chi connectivity index (χ0) is 18.6. The molecule has 138 valence electrons. The number of rotatable bonds is 4. The lowest BCUT2D eigenvalue weighted by Crippen LogP contribution is -2.49. The predicted molar refractivity (Wildman–Crippen MR) is 93.9 cm³/mol. The molecule has 1 amide bonds. The third kappa shape index (κ3) is 5.60. The zero-order valence-electron chi connectivity index (χ0n) is 15.1. The van der Waals surface area contributed by atoms with E-state index in [9.17, 15) is 14.9 Å². The second-order valence-corrected chi connectivity index (χ2v) is 7.08. The van der Waals surface area contributed by atoms with Crippen molar-refractivity contribution in [3.05, 3.63) is 33.9 Å². The van der Waals surface area contributed by atoms with Crippen molar-refractivity contribution in [3.63, 3.8) is 0 Å². The minimum Gasteiger partial charge on any atom is -0.444 e. The van der Waals surface area contributed by atoms with Crippen LogP contribution < -0.4 is 5.32 Å². The molecular weight excluding hydrogens is 326 g/mol. The van der Waals surface area contributed by atoms with Crippen molar-refractivity contribution in [1.82, 2.24) is 4.90 Å². The molecule has 1 aromatic rings. The summed E-state index contributed by atoms with van der Waals surface area (Å²) in [6.45, 7) is 8.88. The maximum absolute atomic E-state index is 12.2. The van der Waals surface area contributed by atoms with Crippen molar-refractivity contribution in [2.45, 2.75) is 39.4 Å². The summed E-state index contributed by atoms with van der Waals surface area (Å²) in [5, 5.41) is 14.2. The molecule has 1 atom stereocenters. The van der Waals surface area contributed by atoms with Gasteiger partial charge in [0, 0.05) is 19.2 Å². The summed E-state index contributed by atoms with van der Waals surface area (Å²) in [5.74, 6) is 0. The highest BCUT2D eigenvalue weighted by atomic mass is 16.6. The first-order valence-corrected chi connectivity index (χ1v) is 8.24. The quantitative estimate of drug-likeness (QED) is 0.662. The molecule has 1 aliphatic heterocycles. The topological polar surface area (TPSA) is 93.9 Å². The molecule has 0 aliphatic carbocycles. The Morgan fingerprint density at radius 2 is 2.20 bits per heavy atom. The molecule has 0 spiro atoms. The fraction of sp³-hybridized carbons (Fsp3) is 0.588. The summed E-state index contributed by atoms with van der Waals surface area (Å²) in [6, 6.07) is 5.02.